The summed E-state index contributed by atoms with van der Waals surface area (Å²) < 4.78 is 32.6. The van der Waals surface area contributed by atoms with Gasteiger partial charge in [0.15, 0.2) is 0 Å². The van der Waals surface area contributed by atoms with E-state index in [-0.39, 0.29) is 0 Å². The van der Waals surface area contributed by atoms with Crippen molar-refractivity contribution in [1.29, 1.82) is 0 Å². The number of sulfonamides is 1. The van der Waals surface area contributed by atoms with Crippen molar-refractivity contribution in [3.63, 3.8) is 0 Å². The SMILES string of the molecule is CN1CCN(C2CN(S(=O)(=O)c3ccc4c(c3)CCO4)C2)CC1. The molecule has 0 unspecified atom stereocenters. The lowest BCUT2D eigenvalue weighted by Crippen LogP contribution is -2.63. The molecule has 0 spiro atoms. The Balaban J connectivity index is 1.43. The number of hydrogen-bond acceptors (Lipinski definition) is 5. The second kappa shape index (κ2) is 5.73. The third kappa shape index (κ3) is 2.76. The highest BCUT2D eigenvalue weighted by Crippen LogP contribution is 2.31. The molecule has 1 aromatic rings. The maximum Gasteiger partial charge on any atom is 0.243 e. The molecule has 0 aliphatic carbocycles. The summed E-state index contributed by atoms with van der Waals surface area (Å²) in [5.41, 5.74) is 1.00. The van der Waals surface area contributed by atoms with Gasteiger partial charge in [-0.2, -0.15) is 4.31 Å². The number of rotatable bonds is 3. The van der Waals surface area contributed by atoms with Gasteiger partial charge in [0.1, 0.15) is 5.75 Å². The van der Waals surface area contributed by atoms with Gasteiger partial charge in [0.05, 0.1) is 11.5 Å². The van der Waals surface area contributed by atoms with E-state index in [2.05, 4.69) is 16.8 Å². The van der Waals surface area contributed by atoms with Gasteiger partial charge in [0.2, 0.25) is 10.0 Å². The quantitative estimate of drug-likeness (QED) is 0.791. The summed E-state index contributed by atoms with van der Waals surface area (Å²) in [5, 5.41) is 0. The fraction of sp³-hybridized carbons (Fsp3) is 0.625. The van der Waals surface area contributed by atoms with E-state index in [4.69, 9.17) is 4.74 Å². The number of piperazine rings is 1. The van der Waals surface area contributed by atoms with Crippen LogP contribution < -0.4 is 4.74 Å². The number of nitrogens with zero attached hydrogens (tertiary/aromatic N) is 3. The van der Waals surface area contributed by atoms with Crippen molar-refractivity contribution in [1.82, 2.24) is 14.1 Å². The maximum absolute atomic E-state index is 12.8. The average molecular weight is 337 g/mol. The van der Waals surface area contributed by atoms with E-state index >= 15 is 0 Å². The molecule has 0 bridgehead atoms. The molecule has 0 aromatic heterocycles. The van der Waals surface area contributed by atoms with Crippen LogP contribution in [0.2, 0.25) is 0 Å². The van der Waals surface area contributed by atoms with Gasteiger partial charge < -0.3 is 9.64 Å². The van der Waals surface area contributed by atoms with E-state index < -0.39 is 10.0 Å². The van der Waals surface area contributed by atoms with Crippen LogP contribution in [-0.2, 0) is 16.4 Å². The molecule has 0 saturated carbocycles. The minimum atomic E-state index is -3.37. The fourth-order valence-electron chi connectivity index (χ4n) is 3.50. The largest absolute Gasteiger partial charge is 0.493 e. The van der Waals surface area contributed by atoms with E-state index in [1.807, 2.05) is 0 Å². The molecule has 4 rings (SSSR count). The van der Waals surface area contributed by atoms with Crippen LogP contribution in [-0.4, -0.2) is 81.5 Å². The second-order valence-corrected chi connectivity index (χ2v) is 8.62. The van der Waals surface area contributed by atoms with Crippen LogP contribution in [0.25, 0.3) is 0 Å². The first-order valence-electron chi connectivity index (χ1n) is 8.22. The summed E-state index contributed by atoms with van der Waals surface area (Å²) in [6, 6.07) is 5.60. The summed E-state index contributed by atoms with van der Waals surface area (Å²) in [4.78, 5) is 5.14. The third-order valence-corrected chi connectivity index (χ3v) is 7.01. The first-order chi connectivity index (χ1) is 11.0. The summed E-state index contributed by atoms with van der Waals surface area (Å²) in [6.07, 6.45) is 0.794. The molecule has 6 nitrogen and oxygen atoms in total. The Morgan fingerprint density at radius 2 is 1.87 bits per heavy atom. The topological polar surface area (TPSA) is 53.1 Å². The molecule has 3 heterocycles. The van der Waals surface area contributed by atoms with Gasteiger partial charge in [-0.1, -0.05) is 0 Å². The highest BCUT2D eigenvalue weighted by atomic mass is 32.2. The minimum Gasteiger partial charge on any atom is -0.493 e. The number of likely N-dealkylation sites (N-methyl/N-ethyl adjacent to an activating group) is 1. The van der Waals surface area contributed by atoms with Gasteiger partial charge in [-0.15, -0.1) is 0 Å². The molecule has 0 atom stereocenters. The van der Waals surface area contributed by atoms with E-state index in [1.165, 1.54) is 0 Å². The van der Waals surface area contributed by atoms with Crippen LogP contribution in [0.1, 0.15) is 5.56 Å². The molecule has 2 saturated heterocycles. The van der Waals surface area contributed by atoms with Crippen LogP contribution in [0.15, 0.2) is 23.1 Å². The average Bonchev–Trinajstić information content (AvgIpc) is 2.95. The Labute approximate surface area is 137 Å². The second-order valence-electron chi connectivity index (χ2n) is 6.68. The zero-order valence-corrected chi connectivity index (χ0v) is 14.3. The highest BCUT2D eigenvalue weighted by Gasteiger charge is 2.40. The number of ether oxygens (including phenoxy) is 1. The molecular formula is C16H23N3O3S. The highest BCUT2D eigenvalue weighted by molar-refractivity contribution is 7.89. The fourth-order valence-corrected chi connectivity index (χ4v) is 5.07. The van der Waals surface area contributed by atoms with Gasteiger partial charge in [0.25, 0.3) is 0 Å². The summed E-state index contributed by atoms with van der Waals surface area (Å²) >= 11 is 0. The van der Waals surface area contributed by atoms with Crippen molar-refractivity contribution in [3.05, 3.63) is 23.8 Å². The molecule has 0 amide bonds. The smallest absolute Gasteiger partial charge is 0.243 e. The number of benzene rings is 1. The molecule has 0 N–H and O–H groups in total. The summed E-state index contributed by atoms with van der Waals surface area (Å²) in [7, 11) is -1.23. The van der Waals surface area contributed by atoms with Gasteiger partial charge in [-0.05, 0) is 30.8 Å². The van der Waals surface area contributed by atoms with Crippen molar-refractivity contribution in [2.45, 2.75) is 17.4 Å². The third-order valence-electron chi connectivity index (χ3n) is 5.18. The molecule has 3 aliphatic rings. The van der Waals surface area contributed by atoms with E-state index in [9.17, 15) is 8.42 Å². The first-order valence-corrected chi connectivity index (χ1v) is 9.66. The summed E-state index contributed by atoms with van der Waals surface area (Å²) in [6.45, 7) is 6.06. The Morgan fingerprint density at radius 1 is 1.13 bits per heavy atom. The van der Waals surface area contributed by atoms with Crippen LogP contribution >= 0.6 is 0 Å². The van der Waals surface area contributed by atoms with Gasteiger partial charge in [0, 0.05) is 51.7 Å². The monoisotopic (exact) mass is 337 g/mol. The molecule has 126 valence electrons. The molecule has 2 fully saturated rings. The van der Waals surface area contributed by atoms with Crippen LogP contribution in [0.5, 0.6) is 5.75 Å². The van der Waals surface area contributed by atoms with Gasteiger partial charge in [-0.3, -0.25) is 4.90 Å². The number of hydrogen-bond donors (Lipinski definition) is 0. The van der Waals surface area contributed by atoms with Crippen molar-refractivity contribution >= 4 is 10.0 Å². The van der Waals surface area contributed by atoms with Gasteiger partial charge >= 0.3 is 0 Å². The lowest BCUT2D eigenvalue weighted by atomic mass is 10.1. The van der Waals surface area contributed by atoms with Crippen molar-refractivity contribution in [2.75, 3.05) is 52.9 Å². The Hall–Kier alpha value is -1.15. The molecule has 3 aliphatic heterocycles. The van der Waals surface area contributed by atoms with E-state index in [0.717, 1.165) is 43.9 Å². The van der Waals surface area contributed by atoms with E-state index in [0.29, 0.717) is 30.6 Å². The predicted molar refractivity (Wildman–Crippen MR) is 87.3 cm³/mol. The molecule has 23 heavy (non-hydrogen) atoms. The Kier molecular flexibility index (Phi) is 3.84. The first kappa shape index (κ1) is 15.4. The van der Waals surface area contributed by atoms with Crippen molar-refractivity contribution in [3.8, 4) is 5.75 Å². The lowest BCUT2D eigenvalue weighted by molar-refractivity contribution is 0.0484. The molecule has 1 aromatic carbocycles. The van der Waals surface area contributed by atoms with Crippen LogP contribution in [0.3, 0.4) is 0 Å². The molecule has 0 radical (unpaired) electrons. The van der Waals surface area contributed by atoms with Gasteiger partial charge in [-0.25, -0.2) is 8.42 Å². The standard InChI is InChI=1S/C16H23N3O3S/c1-17-5-7-18(8-6-17)14-11-19(12-14)23(20,21)15-2-3-16-13(10-15)4-9-22-16/h2-3,10,14H,4-9,11-12H2,1H3. The normalized spacial score (nSPS) is 24.2. The lowest BCUT2D eigenvalue weighted by Gasteiger charge is -2.46. The van der Waals surface area contributed by atoms with Crippen molar-refractivity contribution in [2.24, 2.45) is 0 Å². The summed E-state index contributed by atoms with van der Waals surface area (Å²) in [5.74, 6) is 0.822. The van der Waals surface area contributed by atoms with Crippen LogP contribution in [0.4, 0.5) is 0 Å². The predicted octanol–water partition coefficient (Wildman–Crippen LogP) is 0.242. The Bertz CT molecular complexity index is 693. The number of fused-ring (bicyclic) bond motifs is 1. The maximum atomic E-state index is 12.8. The van der Waals surface area contributed by atoms with Crippen LogP contribution in [0, 0.1) is 0 Å². The molecule has 7 heteroatoms. The zero-order chi connectivity index (χ0) is 16.0. The minimum absolute atomic E-state index is 0.372. The Morgan fingerprint density at radius 3 is 2.61 bits per heavy atom. The zero-order valence-electron chi connectivity index (χ0n) is 13.4. The van der Waals surface area contributed by atoms with Crippen molar-refractivity contribution < 1.29 is 13.2 Å². The van der Waals surface area contributed by atoms with E-state index in [1.54, 1.807) is 22.5 Å². The molecular weight excluding hydrogens is 314 g/mol.